The quantitative estimate of drug-likeness (QED) is 0.787. The molecule has 0 saturated heterocycles. The number of rotatable bonds is 7. The SMILES string of the molecule is CCCN(CC)c1ccnc(CNC(C)C)c1. The van der Waals surface area contributed by atoms with Gasteiger partial charge in [0.2, 0.25) is 0 Å². The molecule has 1 rings (SSSR count). The second-order valence-electron chi connectivity index (χ2n) is 4.62. The fourth-order valence-electron chi connectivity index (χ4n) is 1.81. The number of anilines is 1. The van der Waals surface area contributed by atoms with Gasteiger partial charge in [-0.3, -0.25) is 4.98 Å². The Kier molecular flexibility index (Phi) is 5.98. The third-order valence-corrected chi connectivity index (χ3v) is 2.73. The molecule has 1 aromatic heterocycles. The smallest absolute Gasteiger partial charge is 0.0562 e. The van der Waals surface area contributed by atoms with Crippen LogP contribution in [0.4, 0.5) is 5.69 Å². The monoisotopic (exact) mass is 235 g/mol. The van der Waals surface area contributed by atoms with Crippen LogP contribution < -0.4 is 10.2 Å². The van der Waals surface area contributed by atoms with Crippen molar-refractivity contribution in [3.8, 4) is 0 Å². The summed E-state index contributed by atoms with van der Waals surface area (Å²) in [6.45, 7) is 11.7. The molecule has 0 amide bonds. The topological polar surface area (TPSA) is 28.2 Å². The maximum atomic E-state index is 4.40. The summed E-state index contributed by atoms with van der Waals surface area (Å²) in [5, 5.41) is 3.40. The first kappa shape index (κ1) is 14.0. The predicted octanol–water partition coefficient (Wildman–Crippen LogP) is 2.82. The third-order valence-electron chi connectivity index (χ3n) is 2.73. The van der Waals surface area contributed by atoms with E-state index in [2.05, 4.69) is 55.0 Å². The highest BCUT2D eigenvalue weighted by molar-refractivity contribution is 5.46. The lowest BCUT2D eigenvalue weighted by Gasteiger charge is -2.22. The molecule has 0 aliphatic rings. The Hall–Kier alpha value is -1.09. The second-order valence-corrected chi connectivity index (χ2v) is 4.62. The van der Waals surface area contributed by atoms with Crippen molar-refractivity contribution in [1.29, 1.82) is 0 Å². The Labute approximate surface area is 105 Å². The van der Waals surface area contributed by atoms with E-state index < -0.39 is 0 Å². The van der Waals surface area contributed by atoms with E-state index in [0.717, 1.165) is 25.3 Å². The molecule has 0 spiro atoms. The van der Waals surface area contributed by atoms with Crippen LogP contribution in [0, 0.1) is 0 Å². The van der Waals surface area contributed by atoms with E-state index in [-0.39, 0.29) is 0 Å². The molecule has 1 heterocycles. The Bertz CT molecular complexity index is 323. The number of hydrogen-bond acceptors (Lipinski definition) is 3. The number of aromatic nitrogens is 1. The number of nitrogens with one attached hydrogen (secondary N) is 1. The standard InChI is InChI=1S/C14H25N3/c1-5-9-17(6-2)14-7-8-15-13(10-14)11-16-12(3)4/h7-8,10,12,16H,5-6,9,11H2,1-4H3. The zero-order valence-electron chi connectivity index (χ0n) is 11.5. The average molecular weight is 235 g/mol. The van der Waals surface area contributed by atoms with Gasteiger partial charge in [0.1, 0.15) is 0 Å². The molecule has 1 N–H and O–H groups in total. The molecule has 0 unspecified atom stereocenters. The first-order chi connectivity index (χ1) is 8.17. The zero-order valence-corrected chi connectivity index (χ0v) is 11.5. The molecule has 0 aliphatic carbocycles. The lowest BCUT2D eigenvalue weighted by atomic mass is 10.2. The van der Waals surface area contributed by atoms with Gasteiger partial charge in [0.15, 0.2) is 0 Å². The third kappa shape index (κ3) is 4.73. The van der Waals surface area contributed by atoms with Gasteiger partial charge in [-0.2, -0.15) is 0 Å². The summed E-state index contributed by atoms with van der Waals surface area (Å²) in [5.74, 6) is 0. The van der Waals surface area contributed by atoms with Gasteiger partial charge in [-0.05, 0) is 25.5 Å². The molecule has 0 aromatic carbocycles. The highest BCUT2D eigenvalue weighted by Gasteiger charge is 2.04. The Morgan fingerprint density at radius 3 is 2.71 bits per heavy atom. The summed E-state index contributed by atoms with van der Waals surface area (Å²) in [7, 11) is 0. The lowest BCUT2D eigenvalue weighted by molar-refractivity contribution is 0.581. The van der Waals surface area contributed by atoms with Crippen LogP contribution in [0.5, 0.6) is 0 Å². The predicted molar refractivity (Wildman–Crippen MR) is 74.4 cm³/mol. The van der Waals surface area contributed by atoms with E-state index in [1.54, 1.807) is 0 Å². The van der Waals surface area contributed by atoms with Crippen LogP contribution in [-0.2, 0) is 6.54 Å². The van der Waals surface area contributed by atoms with Crippen molar-refractivity contribution >= 4 is 5.69 Å². The Morgan fingerprint density at radius 1 is 1.35 bits per heavy atom. The van der Waals surface area contributed by atoms with Gasteiger partial charge < -0.3 is 10.2 Å². The molecule has 0 radical (unpaired) electrons. The summed E-state index contributed by atoms with van der Waals surface area (Å²) in [4.78, 5) is 6.79. The fourth-order valence-corrected chi connectivity index (χ4v) is 1.81. The molecule has 3 heteroatoms. The van der Waals surface area contributed by atoms with E-state index in [4.69, 9.17) is 0 Å². The molecule has 3 nitrogen and oxygen atoms in total. The fraction of sp³-hybridized carbons (Fsp3) is 0.643. The van der Waals surface area contributed by atoms with E-state index >= 15 is 0 Å². The van der Waals surface area contributed by atoms with Crippen LogP contribution in [0.2, 0.25) is 0 Å². The zero-order chi connectivity index (χ0) is 12.7. The van der Waals surface area contributed by atoms with Crippen LogP contribution in [0.3, 0.4) is 0 Å². The van der Waals surface area contributed by atoms with E-state index in [0.29, 0.717) is 6.04 Å². The summed E-state index contributed by atoms with van der Waals surface area (Å²) < 4.78 is 0. The number of pyridine rings is 1. The molecule has 17 heavy (non-hydrogen) atoms. The molecule has 0 bridgehead atoms. The molecule has 0 fully saturated rings. The summed E-state index contributed by atoms with van der Waals surface area (Å²) in [6, 6.07) is 4.78. The van der Waals surface area contributed by atoms with Gasteiger partial charge in [0, 0.05) is 37.6 Å². The van der Waals surface area contributed by atoms with Gasteiger partial charge in [0.05, 0.1) is 5.69 Å². The van der Waals surface area contributed by atoms with Gasteiger partial charge >= 0.3 is 0 Å². The summed E-state index contributed by atoms with van der Waals surface area (Å²) in [5.41, 5.74) is 2.40. The van der Waals surface area contributed by atoms with Crippen molar-refractivity contribution in [1.82, 2.24) is 10.3 Å². The minimum Gasteiger partial charge on any atom is -0.372 e. The Balaban J connectivity index is 2.69. The van der Waals surface area contributed by atoms with Crippen molar-refractivity contribution < 1.29 is 0 Å². The van der Waals surface area contributed by atoms with Crippen LogP contribution in [0.25, 0.3) is 0 Å². The van der Waals surface area contributed by atoms with Crippen molar-refractivity contribution in [2.24, 2.45) is 0 Å². The van der Waals surface area contributed by atoms with Gasteiger partial charge in [-0.1, -0.05) is 20.8 Å². The van der Waals surface area contributed by atoms with Crippen molar-refractivity contribution in [3.63, 3.8) is 0 Å². The van der Waals surface area contributed by atoms with Gasteiger partial charge in [-0.15, -0.1) is 0 Å². The van der Waals surface area contributed by atoms with Gasteiger partial charge in [-0.25, -0.2) is 0 Å². The molecule has 1 aromatic rings. The largest absolute Gasteiger partial charge is 0.372 e. The van der Waals surface area contributed by atoms with E-state index in [1.165, 1.54) is 12.1 Å². The first-order valence-electron chi connectivity index (χ1n) is 6.60. The normalized spacial score (nSPS) is 10.9. The molecular formula is C14H25N3. The summed E-state index contributed by atoms with van der Waals surface area (Å²) in [6.07, 6.45) is 3.08. The Morgan fingerprint density at radius 2 is 2.12 bits per heavy atom. The number of hydrogen-bond donors (Lipinski definition) is 1. The minimum atomic E-state index is 0.498. The molecule has 0 aliphatic heterocycles. The molecule has 0 saturated carbocycles. The minimum absolute atomic E-state index is 0.498. The number of nitrogens with zero attached hydrogens (tertiary/aromatic N) is 2. The van der Waals surface area contributed by atoms with Crippen LogP contribution in [0.1, 0.15) is 39.8 Å². The maximum Gasteiger partial charge on any atom is 0.0562 e. The second kappa shape index (κ2) is 7.28. The average Bonchev–Trinajstić information content (AvgIpc) is 2.34. The molecular weight excluding hydrogens is 210 g/mol. The van der Waals surface area contributed by atoms with E-state index in [1.807, 2.05) is 6.20 Å². The first-order valence-corrected chi connectivity index (χ1v) is 6.60. The van der Waals surface area contributed by atoms with Gasteiger partial charge in [0.25, 0.3) is 0 Å². The van der Waals surface area contributed by atoms with E-state index in [9.17, 15) is 0 Å². The highest BCUT2D eigenvalue weighted by atomic mass is 15.1. The van der Waals surface area contributed by atoms with Crippen molar-refractivity contribution in [3.05, 3.63) is 24.0 Å². The molecule has 96 valence electrons. The molecule has 0 atom stereocenters. The van der Waals surface area contributed by atoms with Crippen LogP contribution in [-0.4, -0.2) is 24.1 Å². The highest BCUT2D eigenvalue weighted by Crippen LogP contribution is 2.14. The van der Waals surface area contributed by atoms with Crippen molar-refractivity contribution in [2.75, 3.05) is 18.0 Å². The summed E-state index contributed by atoms with van der Waals surface area (Å²) >= 11 is 0. The van der Waals surface area contributed by atoms with Crippen LogP contribution in [0.15, 0.2) is 18.3 Å². The maximum absolute atomic E-state index is 4.40. The van der Waals surface area contributed by atoms with Crippen molar-refractivity contribution in [2.45, 2.75) is 46.7 Å². The van der Waals surface area contributed by atoms with Crippen LogP contribution >= 0.6 is 0 Å². The lowest BCUT2D eigenvalue weighted by Crippen LogP contribution is -2.25.